The molecule has 1 N–H and O–H groups in total. The van der Waals surface area contributed by atoms with Crippen LogP contribution in [-0.2, 0) is 11.4 Å². The number of carboxylic acid groups (broad SMARTS) is 1. The SMILES string of the molecule is CCCCC(C(=O)O)c1cccc2c1C(=O)c1ccccc1CO2. The number of aliphatic carboxylic acids is 1. The monoisotopic (exact) mass is 324 g/mol. The van der Waals surface area contributed by atoms with Gasteiger partial charge in [0.2, 0.25) is 0 Å². The van der Waals surface area contributed by atoms with E-state index < -0.39 is 11.9 Å². The Morgan fingerprint density at radius 1 is 1.21 bits per heavy atom. The van der Waals surface area contributed by atoms with Crippen molar-refractivity contribution in [3.63, 3.8) is 0 Å². The van der Waals surface area contributed by atoms with Gasteiger partial charge in [0.25, 0.3) is 0 Å². The molecule has 0 fully saturated rings. The standard InChI is InChI=1S/C20H20O4/c1-2-3-8-16(20(22)23)15-10-6-11-17-18(15)19(21)14-9-5-4-7-13(14)12-24-17/h4-7,9-11,16H,2-3,8,12H2,1H3,(H,22,23). The van der Waals surface area contributed by atoms with Crippen LogP contribution in [-0.4, -0.2) is 16.9 Å². The number of carbonyl (C=O) groups is 2. The summed E-state index contributed by atoms with van der Waals surface area (Å²) < 4.78 is 5.81. The largest absolute Gasteiger partial charge is 0.488 e. The molecule has 4 heteroatoms. The summed E-state index contributed by atoms with van der Waals surface area (Å²) >= 11 is 0. The van der Waals surface area contributed by atoms with Crippen molar-refractivity contribution in [3.8, 4) is 5.75 Å². The molecule has 1 aliphatic heterocycles. The van der Waals surface area contributed by atoms with Gasteiger partial charge in [-0.1, -0.05) is 56.2 Å². The Balaban J connectivity index is 2.13. The molecule has 0 radical (unpaired) electrons. The Morgan fingerprint density at radius 3 is 2.75 bits per heavy atom. The third-order valence-electron chi connectivity index (χ3n) is 4.45. The van der Waals surface area contributed by atoms with Crippen molar-refractivity contribution in [2.24, 2.45) is 0 Å². The highest BCUT2D eigenvalue weighted by atomic mass is 16.5. The molecule has 124 valence electrons. The number of fused-ring (bicyclic) bond motifs is 2. The topological polar surface area (TPSA) is 63.6 Å². The number of carboxylic acids is 1. The lowest BCUT2D eigenvalue weighted by atomic mass is 9.86. The first-order valence-corrected chi connectivity index (χ1v) is 8.24. The molecule has 0 aromatic heterocycles. The molecule has 2 aromatic carbocycles. The maximum Gasteiger partial charge on any atom is 0.310 e. The van der Waals surface area contributed by atoms with Crippen molar-refractivity contribution < 1.29 is 19.4 Å². The van der Waals surface area contributed by atoms with E-state index in [4.69, 9.17) is 4.74 Å². The van der Waals surface area contributed by atoms with Crippen LogP contribution in [0.5, 0.6) is 5.75 Å². The van der Waals surface area contributed by atoms with Gasteiger partial charge in [-0.15, -0.1) is 0 Å². The highest BCUT2D eigenvalue weighted by Gasteiger charge is 2.30. The molecular weight excluding hydrogens is 304 g/mol. The van der Waals surface area contributed by atoms with Crippen molar-refractivity contribution in [1.82, 2.24) is 0 Å². The lowest BCUT2D eigenvalue weighted by molar-refractivity contribution is -0.139. The molecule has 1 heterocycles. The third kappa shape index (κ3) is 2.92. The van der Waals surface area contributed by atoms with Gasteiger partial charge in [0.1, 0.15) is 12.4 Å². The molecule has 0 saturated heterocycles. The van der Waals surface area contributed by atoms with E-state index in [1.165, 1.54) is 0 Å². The van der Waals surface area contributed by atoms with E-state index in [0.29, 0.717) is 35.5 Å². The second kappa shape index (κ2) is 6.87. The van der Waals surface area contributed by atoms with E-state index in [0.717, 1.165) is 18.4 Å². The highest BCUT2D eigenvalue weighted by molar-refractivity contribution is 6.13. The molecule has 4 nitrogen and oxygen atoms in total. The molecular formula is C20H20O4. The maximum absolute atomic E-state index is 13.1. The van der Waals surface area contributed by atoms with Gasteiger partial charge in [-0.05, 0) is 18.1 Å². The Bertz CT molecular complexity index is 779. The van der Waals surface area contributed by atoms with Crippen LogP contribution in [0.25, 0.3) is 0 Å². The first kappa shape index (κ1) is 16.2. The van der Waals surface area contributed by atoms with E-state index in [1.54, 1.807) is 24.3 Å². The summed E-state index contributed by atoms with van der Waals surface area (Å²) in [7, 11) is 0. The Hall–Kier alpha value is -2.62. The lowest BCUT2D eigenvalue weighted by Crippen LogP contribution is -2.16. The van der Waals surface area contributed by atoms with E-state index >= 15 is 0 Å². The van der Waals surface area contributed by atoms with Gasteiger partial charge < -0.3 is 9.84 Å². The Kier molecular flexibility index (Phi) is 4.65. The van der Waals surface area contributed by atoms with Gasteiger partial charge >= 0.3 is 5.97 Å². The number of unbranched alkanes of at least 4 members (excludes halogenated alkanes) is 1. The van der Waals surface area contributed by atoms with Gasteiger partial charge in [-0.25, -0.2) is 0 Å². The van der Waals surface area contributed by atoms with Crippen LogP contribution in [0.3, 0.4) is 0 Å². The quantitative estimate of drug-likeness (QED) is 0.896. The average molecular weight is 324 g/mol. The van der Waals surface area contributed by atoms with E-state index in [9.17, 15) is 14.7 Å². The van der Waals surface area contributed by atoms with Gasteiger partial charge in [0.05, 0.1) is 11.5 Å². The summed E-state index contributed by atoms with van der Waals surface area (Å²) in [6.07, 6.45) is 2.22. The number of rotatable bonds is 5. The van der Waals surface area contributed by atoms with Crippen LogP contribution in [0.4, 0.5) is 0 Å². The third-order valence-corrected chi connectivity index (χ3v) is 4.45. The van der Waals surface area contributed by atoms with Crippen LogP contribution in [0.1, 0.15) is 59.2 Å². The van der Waals surface area contributed by atoms with Crippen molar-refractivity contribution in [2.75, 3.05) is 0 Å². The maximum atomic E-state index is 13.1. The van der Waals surface area contributed by atoms with Crippen molar-refractivity contribution >= 4 is 11.8 Å². The molecule has 1 aliphatic rings. The normalized spacial score (nSPS) is 14.1. The number of hydrogen-bond donors (Lipinski definition) is 1. The van der Waals surface area contributed by atoms with Gasteiger partial charge in [-0.3, -0.25) is 9.59 Å². The molecule has 0 aliphatic carbocycles. The first-order chi connectivity index (χ1) is 11.6. The van der Waals surface area contributed by atoms with Gasteiger partial charge in [0.15, 0.2) is 5.78 Å². The smallest absolute Gasteiger partial charge is 0.310 e. The van der Waals surface area contributed by atoms with Crippen LogP contribution < -0.4 is 4.74 Å². The predicted octanol–water partition coefficient (Wildman–Crippen LogP) is 4.17. The summed E-state index contributed by atoms with van der Waals surface area (Å²) in [5.74, 6) is -1.28. The summed E-state index contributed by atoms with van der Waals surface area (Å²) in [5.41, 5.74) is 2.36. The van der Waals surface area contributed by atoms with Crippen LogP contribution in [0, 0.1) is 0 Å². The fraction of sp³-hybridized carbons (Fsp3) is 0.300. The predicted molar refractivity (Wildman–Crippen MR) is 90.6 cm³/mol. The zero-order chi connectivity index (χ0) is 17.1. The molecule has 0 amide bonds. The lowest BCUT2D eigenvalue weighted by Gasteiger charge is -2.17. The zero-order valence-corrected chi connectivity index (χ0v) is 13.6. The minimum Gasteiger partial charge on any atom is -0.488 e. The van der Waals surface area contributed by atoms with Gasteiger partial charge in [-0.2, -0.15) is 0 Å². The summed E-state index contributed by atoms with van der Waals surface area (Å²) in [6.45, 7) is 2.33. The summed E-state index contributed by atoms with van der Waals surface area (Å²) in [6, 6.07) is 12.6. The van der Waals surface area contributed by atoms with Crippen molar-refractivity contribution in [2.45, 2.75) is 38.7 Å². The fourth-order valence-corrected chi connectivity index (χ4v) is 3.18. The number of benzene rings is 2. The molecule has 1 unspecified atom stereocenters. The molecule has 24 heavy (non-hydrogen) atoms. The zero-order valence-electron chi connectivity index (χ0n) is 13.6. The van der Waals surface area contributed by atoms with Crippen LogP contribution >= 0.6 is 0 Å². The fourth-order valence-electron chi connectivity index (χ4n) is 3.18. The van der Waals surface area contributed by atoms with E-state index in [-0.39, 0.29) is 5.78 Å². The number of ether oxygens (including phenoxy) is 1. The second-order valence-corrected chi connectivity index (χ2v) is 6.03. The number of ketones is 1. The minimum absolute atomic E-state index is 0.156. The molecule has 2 aromatic rings. The first-order valence-electron chi connectivity index (χ1n) is 8.24. The molecule has 1 atom stereocenters. The number of carbonyl (C=O) groups excluding carboxylic acids is 1. The Labute approximate surface area is 141 Å². The summed E-state index contributed by atoms with van der Waals surface area (Å²) in [4.78, 5) is 24.9. The Morgan fingerprint density at radius 2 is 2.00 bits per heavy atom. The molecule has 0 saturated carbocycles. The van der Waals surface area contributed by atoms with E-state index in [1.807, 2.05) is 25.1 Å². The second-order valence-electron chi connectivity index (χ2n) is 6.03. The number of hydrogen-bond acceptors (Lipinski definition) is 3. The molecule has 0 spiro atoms. The molecule has 3 rings (SSSR count). The van der Waals surface area contributed by atoms with Crippen molar-refractivity contribution in [1.29, 1.82) is 0 Å². The summed E-state index contributed by atoms with van der Waals surface area (Å²) in [5, 5.41) is 9.65. The minimum atomic E-state index is -0.901. The molecule has 0 bridgehead atoms. The van der Waals surface area contributed by atoms with Gasteiger partial charge in [0, 0.05) is 11.1 Å². The average Bonchev–Trinajstić information content (AvgIpc) is 2.73. The van der Waals surface area contributed by atoms with Crippen LogP contribution in [0.15, 0.2) is 42.5 Å². The van der Waals surface area contributed by atoms with Crippen molar-refractivity contribution in [3.05, 3.63) is 64.7 Å². The van der Waals surface area contributed by atoms with Crippen LogP contribution in [0.2, 0.25) is 0 Å². The van der Waals surface area contributed by atoms with E-state index in [2.05, 4.69) is 0 Å². The highest BCUT2D eigenvalue weighted by Crippen LogP contribution is 2.36.